The van der Waals surface area contributed by atoms with Gasteiger partial charge in [-0.25, -0.2) is 0 Å². The second-order valence-electron chi connectivity index (χ2n) is 4.98. The predicted molar refractivity (Wildman–Crippen MR) is 82.0 cm³/mol. The third-order valence-corrected chi connectivity index (χ3v) is 3.75. The van der Waals surface area contributed by atoms with Crippen molar-refractivity contribution in [3.05, 3.63) is 34.9 Å². The molecule has 1 aromatic rings. The van der Waals surface area contributed by atoms with Gasteiger partial charge in [0.1, 0.15) is 0 Å². The van der Waals surface area contributed by atoms with E-state index in [0.717, 1.165) is 24.0 Å². The molecule has 19 heavy (non-hydrogen) atoms. The molecular formula is C16H24ClNO. The minimum absolute atomic E-state index is 0.104. The SMILES string of the molecule is CCC(CC)N(CCCl)C(=O)c1ccc(C)cc1C. The molecule has 0 heterocycles. The quantitative estimate of drug-likeness (QED) is 0.717. The summed E-state index contributed by atoms with van der Waals surface area (Å²) < 4.78 is 0. The van der Waals surface area contributed by atoms with E-state index in [4.69, 9.17) is 11.6 Å². The van der Waals surface area contributed by atoms with Gasteiger partial charge in [-0.05, 0) is 38.3 Å². The number of carbonyl (C=O) groups excluding carboxylic acids is 1. The largest absolute Gasteiger partial charge is 0.334 e. The maximum atomic E-state index is 12.7. The molecule has 0 radical (unpaired) electrons. The fraction of sp³-hybridized carbons (Fsp3) is 0.562. The monoisotopic (exact) mass is 281 g/mol. The van der Waals surface area contributed by atoms with Crippen molar-refractivity contribution < 1.29 is 4.79 Å². The van der Waals surface area contributed by atoms with Crippen LogP contribution in [0.2, 0.25) is 0 Å². The molecular weight excluding hydrogens is 258 g/mol. The van der Waals surface area contributed by atoms with E-state index in [1.165, 1.54) is 5.56 Å². The summed E-state index contributed by atoms with van der Waals surface area (Å²) in [7, 11) is 0. The van der Waals surface area contributed by atoms with E-state index in [1.807, 2.05) is 30.9 Å². The lowest BCUT2D eigenvalue weighted by Gasteiger charge is -2.30. The molecule has 106 valence electrons. The summed E-state index contributed by atoms with van der Waals surface area (Å²) in [5, 5.41) is 0. The number of rotatable bonds is 6. The van der Waals surface area contributed by atoms with Crippen LogP contribution in [-0.4, -0.2) is 29.3 Å². The molecule has 0 saturated heterocycles. The summed E-state index contributed by atoms with van der Waals surface area (Å²) in [6.07, 6.45) is 1.92. The highest BCUT2D eigenvalue weighted by Gasteiger charge is 2.22. The van der Waals surface area contributed by atoms with Crippen molar-refractivity contribution in [1.82, 2.24) is 4.90 Å². The first-order valence-electron chi connectivity index (χ1n) is 6.99. The third kappa shape index (κ3) is 3.97. The highest BCUT2D eigenvalue weighted by atomic mass is 35.5. The number of benzene rings is 1. The molecule has 0 fully saturated rings. The van der Waals surface area contributed by atoms with Gasteiger partial charge in [-0.15, -0.1) is 11.6 Å². The van der Waals surface area contributed by atoms with Crippen molar-refractivity contribution in [2.45, 2.75) is 46.6 Å². The third-order valence-electron chi connectivity index (χ3n) is 3.58. The Labute approximate surface area is 121 Å². The molecule has 0 spiro atoms. The average molecular weight is 282 g/mol. The van der Waals surface area contributed by atoms with Gasteiger partial charge in [0, 0.05) is 24.0 Å². The van der Waals surface area contributed by atoms with E-state index in [0.29, 0.717) is 12.4 Å². The first-order chi connectivity index (χ1) is 9.04. The Morgan fingerprint density at radius 1 is 1.26 bits per heavy atom. The van der Waals surface area contributed by atoms with Crippen LogP contribution in [0.1, 0.15) is 48.2 Å². The van der Waals surface area contributed by atoms with Gasteiger partial charge in [-0.3, -0.25) is 4.79 Å². The summed E-state index contributed by atoms with van der Waals surface area (Å²) in [6.45, 7) is 8.88. The summed E-state index contributed by atoms with van der Waals surface area (Å²) >= 11 is 5.86. The molecule has 1 amide bonds. The van der Waals surface area contributed by atoms with Gasteiger partial charge in [-0.2, -0.15) is 0 Å². The maximum Gasteiger partial charge on any atom is 0.254 e. The van der Waals surface area contributed by atoms with Crippen molar-refractivity contribution in [2.75, 3.05) is 12.4 Å². The molecule has 2 nitrogen and oxygen atoms in total. The van der Waals surface area contributed by atoms with Crippen LogP contribution in [0.15, 0.2) is 18.2 Å². The molecule has 1 aromatic carbocycles. The highest BCUT2D eigenvalue weighted by molar-refractivity contribution is 6.18. The van der Waals surface area contributed by atoms with Crippen molar-refractivity contribution in [1.29, 1.82) is 0 Å². The van der Waals surface area contributed by atoms with E-state index in [2.05, 4.69) is 19.9 Å². The van der Waals surface area contributed by atoms with E-state index < -0.39 is 0 Å². The summed E-state index contributed by atoms with van der Waals surface area (Å²) in [5.74, 6) is 0.583. The zero-order valence-corrected chi connectivity index (χ0v) is 13.1. The lowest BCUT2D eigenvalue weighted by molar-refractivity contribution is 0.0681. The van der Waals surface area contributed by atoms with E-state index >= 15 is 0 Å². The molecule has 0 aliphatic carbocycles. The second kappa shape index (κ2) is 7.54. The number of nitrogens with zero attached hydrogens (tertiary/aromatic N) is 1. The van der Waals surface area contributed by atoms with E-state index in [-0.39, 0.29) is 11.9 Å². The van der Waals surface area contributed by atoms with Crippen molar-refractivity contribution >= 4 is 17.5 Å². The van der Waals surface area contributed by atoms with Crippen LogP contribution in [0.4, 0.5) is 0 Å². The number of hydrogen-bond donors (Lipinski definition) is 0. The number of halogens is 1. The maximum absolute atomic E-state index is 12.7. The molecule has 3 heteroatoms. The highest BCUT2D eigenvalue weighted by Crippen LogP contribution is 2.17. The molecule has 1 rings (SSSR count). The summed E-state index contributed by atoms with van der Waals surface area (Å²) in [6, 6.07) is 6.24. The summed E-state index contributed by atoms with van der Waals surface area (Å²) in [4.78, 5) is 14.6. The Bertz CT molecular complexity index is 427. The van der Waals surface area contributed by atoms with Crippen LogP contribution in [0.5, 0.6) is 0 Å². The molecule has 0 unspecified atom stereocenters. The van der Waals surface area contributed by atoms with Gasteiger partial charge >= 0.3 is 0 Å². The Morgan fingerprint density at radius 3 is 2.37 bits per heavy atom. The lowest BCUT2D eigenvalue weighted by Crippen LogP contribution is -2.41. The molecule has 0 aliphatic rings. The average Bonchev–Trinajstić information content (AvgIpc) is 2.38. The van der Waals surface area contributed by atoms with Gasteiger partial charge < -0.3 is 4.90 Å². The van der Waals surface area contributed by atoms with E-state index in [9.17, 15) is 4.79 Å². The Balaban J connectivity index is 3.04. The summed E-state index contributed by atoms with van der Waals surface area (Å²) in [5.41, 5.74) is 3.01. The van der Waals surface area contributed by atoms with Crippen LogP contribution >= 0.6 is 11.6 Å². The number of amides is 1. The molecule has 0 N–H and O–H groups in total. The Hall–Kier alpha value is -1.02. The molecule has 0 saturated carbocycles. The Kier molecular flexibility index (Phi) is 6.36. The first kappa shape index (κ1) is 16.0. The fourth-order valence-corrected chi connectivity index (χ4v) is 2.66. The van der Waals surface area contributed by atoms with Crippen molar-refractivity contribution in [3.63, 3.8) is 0 Å². The lowest BCUT2D eigenvalue weighted by atomic mass is 10.0. The topological polar surface area (TPSA) is 20.3 Å². The van der Waals surface area contributed by atoms with Crippen LogP contribution < -0.4 is 0 Å². The first-order valence-corrected chi connectivity index (χ1v) is 7.52. The van der Waals surface area contributed by atoms with Crippen LogP contribution in [0.3, 0.4) is 0 Å². The number of aryl methyl sites for hydroxylation is 2. The minimum atomic E-state index is 0.104. The fourth-order valence-electron chi connectivity index (χ4n) is 2.48. The molecule has 0 aromatic heterocycles. The van der Waals surface area contributed by atoms with Gasteiger partial charge in [-0.1, -0.05) is 31.5 Å². The number of hydrogen-bond acceptors (Lipinski definition) is 1. The van der Waals surface area contributed by atoms with E-state index in [1.54, 1.807) is 0 Å². The number of carbonyl (C=O) groups is 1. The molecule has 0 atom stereocenters. The molecule has 0 bridgehead atoms. The molecule has 0 aliphatic heterocycles. The number of alkyl halides is 1. The predicted octanol–water partition coefficient (Wildman–Crippen LogP) is 4.17. The zero-order valence-electron chi connectivity index (χ0n) is 12.4. The van der Waals surface area contributed by atoms with Gasteiger partial charge in [0.15, 0.2) is 0 Å². The van der Waals surface area contributed by atoms with Gasteiger partial charge in [0.2, 0.25) is 0 Å². The normalized spacial score (nSPS) is 10.8. The second-order valence-corrected chi connectivity index (χ2v) is 5.35. The van der Waals surface area contributed by atoms with Crippen LogP contribution in [0.25, 0.3) is 0 Å². The van der Waals surface area contributed by atoms with Gasteiger partial charge in [0.05, 0.1) is 0 Å². The van der Waals surface area contributed by atoms with Crippen LogP contribution in [-0.2, 0) is 0 Å². The van der Waals surface area contributed by atoms with Gasteiger partial charge in [0.25, 0.3) is 5.91 Å². The Morgan fingerprint density at radius 2 is 1.89 bits per heavy atom. The smallest absolute Gasteiger partial charge is 0.254 e. The standard InChI is InChI=1S/C16H24ClNO/c1-5-14(6-2)18(10-9-17)16(19)15-8-7-12(3)11-13(15)4/h7-8,11,14H,5-6,9-10H2,1-4H3. The zero-order chi connectivity index (χ0) is 14.4. The van der Waals surface area contributed by atoms with Crippen molar-refractivity contribution in [2.24, 2.45) is 0 Å². The van der Waals surface area contributed by atoms with Crippen molar-refractivity contribution in [3.8, 4) is 0 Å². The minimum Gasteiger partial charge on any atom is -0.334 e. The van der Waals surface area contributed by atoms with Crippen LogP contribution in [0, 0.1) is 13.8 Å².